The van der Waals surface area contributed by atoms with Crippen LogP contribution >= 0.6 is 11.6 Å². The van der Waals surface area contributed by atoms with Crippen molar-refractivity contribution in [3.8, 4) is 0 Å². The van der Waals surface area contributed by atoms with Gasteiger partial charge in [0.25, 0.3) is 5.69 Å². The number of nitrogens with one attached hydrogen (secondary N) is 1. The van der Waals surface area contributed by atoms with Crippen LogP contribution in [-0.4, -0.2) is 35.9 Å². The number of rotatable bonds is 7. The van der Waals surface area contributed by atoms with Crippen molar-refractivity contribution in [3.63, 3.8) is 0 Å². The van der Waals surface area contributed by atoms with Crippen LogP contribution in [0.3, 0.4) is 0 Å². The number of non-ortho nitro benzene ring substituents is 1. The smallest absolute Gasteiger partial charge is 0.271 e. The van der Waals surface area contributed by atoms with Crippen molar-refractivity contribution in [2.45, 2.75) is 19.8 Å². The van der Waals surface area contributed by atoms with Gasteiger partial charge in [0, 0.05) is 12.1 Å². The predicted molar refractivity (Wildman–Crippen MR) is 79.1 cm³/mol. The van der Waals surface area contributed by atoms with Gasteiger partial charge in [-0.15, -0.1) is 0 Å². The molecule has 0 fully saturated rings. The Hall–Kier alpha value is -1.66. The van der Waals surface area contributed by atoms with Gasteiger partial charge >= 0.3 is 0 Å². The first-order chi connectivity index (χ1) is 9.43. The fourth-order valence-corrected chi connectivity index (χ4v) is 1.88. The maximum atomic E-state index is 11.8. The van der Waals surface area contributed by atoms with Crippen molar-refractivity contribution in [2.75, 3.05) is 25.5 Å². The number of anilines is 1. The standard InChI is InChI=1S/C13H18ClN3O3/c1-3-4-7-16(2)9-13(18)15-12-6-5-10(17(19)20)8-11(12)14/h5-6,8H,3-4,7,9H2,1-2H3,(H,15,18). The van der Waals surface area contributed by atoms with Gasteiger partial charge in [-0.25, -0.2) is 0 Å². The van der Waals surface area contributed by atoms with Gasteiger partial charge in [-0.1, -0.05) is 24.9 Å². The summed E-state index contributed by atoms with van der Waals surface area (Å²) in [7, 11) is 1.87. The van der Waals surface area contributed by atoms with E-state index in [0.29, 0.717) is 5.69 Å². The summed E-state index contributed by atoms with van der Waals surface area (Å²) in [5, 5.41) is 13.4. The maximum absolute atomic E-state index is 11.8. The number of hydrogen-bond acceptors (Lipinski definition) is 4. The molecule has 0 atom stereocenters. The lowest BCUT2D eigenvalue weighted by atomic mass is 10.2. The van der Waals surface area contributed by atoms with Gasteiger partial charge in [0.2, 0.25) is 5.91 Å². The molecule has 0 saturated carbocycles. The van der Waals surface area contributed by atoms with Gasteiger partial charge in [-0.2, -0.15) is 0 Å². The summed E-state index contributed by atoms with van der Waals surface area (Å²) < 4.78 is 0. The van der Waals surface area contributed by atoms with Crippen molar-refractivity contribution in [3.05, 3.63) is 33.3 Å². The highest BCUT2D eigenvalue weighted by molar-refractivity contribution is 6.34. The average Bonchev–Trinajstić information content (AvgIpc) is 2.38. The molecule has 1 rings (SSSR count). The Balaban J connectivity index is 2.60. The molecule has 0 radical (unpaired) electrons. The zero-order valence-electron chi connectivity index (χ0n) is 11.6. The first kappa shape index (κ1) is 16.4. The molecule has 0 aliphatic carbocycles. The van der Waals surface area contributed by atoms with E-state index < -0.39 is 4.92 Å². The van der Waals surface area contributed by atoms with E-state index in [1.54, 1.807) is 0 Å². The summed E-state index contributed by atoms with van der Waals surface area (Å²) in [6.07, 6.45) is 2.10. The van der Waals surface area contributed by atoms with Gasteiger partial charge < -0.3 is 5.32 Å². The maximum Gasteiger partial charge on any atom is 0.271 e. The molecule has 110 valence electrons. The number of hydrogen-bond donors (Lipinski definition) is 1. The molecule has 7 heteroatoms. The van der Waals surface area contributed by atoms with Crippen LogP contribution < -0.4 is 5.32 Å². The molecule has 0 spiro atoms. The molecule has 20 heavy (non-hydrogen) atoms. The Labute approximate surface area is 122 Å². The molecule has 0 bridgehead atoms. The molecule has 6 nitrogen and oxygen atoms in total. The van der Waals surface area contributed by atoms with E-state index >= 15 is 0 Å². The zero-order valence-corrected chi connectivity index (χ0v) is 12.3. The van der Waals surface area contributed by atoms with Gasteiger partial charge in [0.15, 0.2) is 0 Å². The number of unbranched alkanes of at least 4 members (excludes halogenated alkanes) is 1. The summed E-state index contributed by atoms with van der Waals surface area (Å²) in [5.41, 5.74) is 0.277. The highest BCUT2D eigenvalue weighted by atomic mass is 35.5. The van der Waals surface area contributed by atoms with Gasteiger partial charge in [-0.05, 0) is 26.1 Å². The second-order valence-electron chi connectivity index (χ2n) is 4.56. The number of nitro groups is 1. The highest BCUT2D eigenvalue weighted by Gasteiger charge is 2.12. The fraction of sp³-hybridized carbons (Fsp3) is 0.462. The summed E-state index contributed by atoms with van der Waals surface area (Å²) in [5.74, 6) is -0.195. The molecule has 1 aromatic rings. The van der Waals surface area contributed by atoms with Gasteiger partial charge in [0.1, 0.15) is 0 Å². The zero-order chi connectivity index (χ0) is 15.1. The minimum Gasteiger partial charge on any atom is -0.324 e. The Kier molecular flexibility index (Phi) is 6.41. The van der Waals surface area contributed by atoms with Gasteiger partial charge in [-0.3, -0.25) is 19.8 Å². The number of carbonyl (C=O) groups is 1. The lowest BCUT2D eigenvalue weighted by Crippen LogP contribution is -2.30. The number of nitro benzene ring substituents is 1. The predicted octanol–water partition coefficient (Wildman–Crippen LogP) is 2.92. The van der Waals surface area contributed by atoms with Crippen molar-refractivity contribution >= 4 is 28.9 Å². The number of halogens is 1. The fourth-order valence-electron chi connectivity index (χ4n) is 1.66. The van der Waals surface area contributed by atoms with E-state index in [1.807, 2.05) is 11.9 Å². The number of carbonyl (C=O) groups excluding carboxylic acids is 1. The van der Waals surface area contributed by atoms with E-state index in [2.05, 4.69) is 12.2 Å². The van der Waals surface area contributed by atoms with Gasteiger partial charge in [0.05, 0.1) is 22.2 Å². The lowest BCUT2D eigenvalue weighted by molar-refractivity contribution is -0.384. The SMILES string of the molecule is CCCCN(C)CC(=O)Nc1ccc([N+](=O)[O-])cc1Cl. The van der Waals surface area contributed by atoms with Crippen molar-refractivity contribution in [1.82, 2.24) is 4.90 Å². The molecule has 1 amide bonds. The second kappa shape index (κ2) is 7.81. The largest absolute Gasteiger partial charge is 0.324 e. The van der Waals surface area contributed by atoms with Crippen LogP contribution in [0.2, 0.25) is 5.02 Å². The third kappa shape index (κ3) is 5.14. The third-order valence-electron chi connectivity index (χ3n) is 2.74. The normalized spacial score (nSPS) is 10.6. The highest BCUT2D eigenvalue weighted by Crippen LogP contribution is 2.26. The average molecular weight is 300 g/mol. The molecule has 0 unspecified atom stereocenters. The number of benzene rings is 1. The first-order valence-corrected chi connectivity index (χ1v) is 6.74. The van der Waals surface area contributed by atoms with Crippen molar-refractivity contribution < 1.29 is 9.72 Å². The molecular formula is C13H18ClN3O3. The third-order valence-corrected chi connectivity index (χ3v) is 3.06. The number of likely N-dealkylation sites (N-methyl/N-ethyl adjacent to an activating group) is 1. The van der Waals surface area contributed by atoms with Crippen LogP contribution in [0.15, 0.2) is 18.2 Å². The first-order valence-electron chi connectivity index (χ1n) is 6.36. The van der Waals surface area contributed by atoms with Crippen LogP contribution in [0.25, 0.3) is 0 Å². The number of nitrogens with zero attached hydrogens (tertiary/aromatic N) is 2. The number of amides is 1. The Morgan fingerprint density at radius 1 is 1.50 bits per heavy atom. The van der Waals surface area contributed by atoms with Crippen LogP contribution in [-0.2, 0) is 4.79 Å². The monoisotopic (exact) mass is 299 g/mol. The van der Waals surface area contributed by atoms with E-state index in [1.165, 1.54) is 18.2 Å². The van der Waals surface area contributed by atoms with Crippen LogP contribution in [0, 0.1) is 10.1 Å². The van der Waals surface area contributed by atoms with Crippen molar-refractivity contribution in [2.24, 2.45) is 0 Å². The summed E-state index contributed by atoms with van der Waals surface area (Å²) in [6, 6.07) is 3.96. The quantitative estimate of drug-likeness (QED) is 0.620. The molecule has 1 aromatic carbocycles. The molecule has 0 saturated heterocycles. The van der Waals surface area contributed by atoms with E-state index in [0.717, 1.165) is 19.4 Å². The summed E-state index contributed by atoms with van der Waals surface area (Å²) >= 11 is 5.90. The molecule has 0 aromatic heterocycles. The van der Waals surface area contributed by atoms with E-state index in [9.17, 15) is 14.9 Å². The Bertz CT molecular complexity index is 494. The van der Waals surface area contributed by atoms with Crippen molar-refractivity contribution in [1.29, 1.82) is 0 Å². The second-order valence-corrected chi connectivity index (χ2v) is 4.97. The lowest BCUT2D eigenvalue weighted by Gasteiger charge is -2.15. The summed E-state index contributed by atoms with van der Waals surface area (Å²) in [4.78, 5) is 23.8. The molecule has 0 aliphatic rings. The minimum absolute atomic E-state index is 0.104. The molecular weight excluding hydrogens is 282 g/mol. The summed E-state index contributed by atoms with van der Waals surface area (Å²) in [6.45, 7) is 3.19. The molecule has 0 aliphatic heterocycles. The Morgan fingerprint density at radius 2 is 2.20 bits per heavy atom. The Morgan fingerprint density at radius 3 is 2.75 bits per heavy atom. The van der Waals surface area contributed by atoms with Crippen LogP contribution in [0.4, 0.5) is 11.4 Å². The van der Waals surface area contributed by atoms with Crippen LogP contribution in [0.1, 0.15) is 19.8 Å². The molecule has 1 N–H and O–H groups in total. The molecule has 0 heterocycles. The topological polar surface area (TPSA) is 75.5 Å². The van der Waals surface area contributed by atoms with E-state index in [4.69, 9.17) is 11.6 Å². The van der Waals surface area contributed by atoms with Crippen LogP contribution in [0.5, 0.6) is 0 Å². The minimum atomic E-state index is -0.532. The van der Waals surface area contributed by atoms with E-state index in [-0.39, 0.29) is 23.2 Å².